The van der Waals surface area contributed by atoms with Crippen LogP contribution in [0.3, 0.4) is 0 Å². The maximum absolute atomic E-state index is 12.8. The molecule has 0 saturated carbocycles. The van der Waals surface area contributed by atoms with Crippen molar-refractivity contribution >= 4 is 63.6 Å². The number of rotatable bonds is 8. The molecule has 0 bridgehead atoms. The van der Waals surface area contributed by atoms with Gasteiger partial charge >= 0.3 is 5.69 Å². The maximum Gasteiger partial charge on any atom is 0.318 e. The first kappa shape index (κ1) is 26.3. The number of nitrogens with one attached hydrogen (secondary N) is 1. The number of imide groups is 1. The van der Waals surface area contributed by atoms with Crippen LogP contribution in [-0.4, -0.2) is 38.3 Å². The quantitative estimate of drug-likeness (QED) is 0.211. The summed E-state index contributed by atoms with van der Waals surface area (Å²) in [6, 6.07) is 15.5. The number of non-ortho nitro benzene ring substituents is 1. The van der Waals surface area contributed by atoms with Crippen LogP contribution in [0.4, 0.5) is 21.9 Å². The summed E-state index contributed by atoms with van der Waals surface area (Å²) >= 11 is 6.54. The predicted molar refractivity (Wildman–Crippen MR) is 139 cm³/mol. The Morgan fingerprint density at radius 1 is 1.03 bits per heavy atom. The monoisotopic (exact) mass is 554 g/mol. The SMILES string of the molecule is O=C(CN1C(=O)S/C(=C/c2cccc(Oc3ccc([N+](=O)[O-])cc3[N+](=O)[O-])c2)C1=O)Nc1cccc(Cl)c1. The Bertz CT molecular complexity index is 1530. The Labute approximate surface area is 223 Å². The molecule has 3 amide bonds. The minimum atomic E-state index is -0.801. The van der Waals surface area contributed by atoms with Crippen molar-refractivity contribution in [2.24, 2.45) is 0 Å². The Morgan fingerprint density at radius 3 is 2.50 bits per heavy atom. The lowest BCUT2D eigenvalue weighted by Crippen LogP contribution is -2.36. The van der Waals surface area contributed by atoms with Gasteiger partial charge in [-0.1, -0.05) is 29.8 Å². The van der Waals surface area contributed by atoms with Gasteiger partial charge in [-0.05, 0) is 59.8 Å². The van der Waals surface area contributed by atoms with Gasteiger partial charge in [0, 0.05) is 16.8 Å². The summed E-state index contributed by atoms with van der Waals surface area (Å²) in [6.07, 6.45) is 1.41. The lowest BCUT2D eigenvalue weighted by Gasteiger charge is -2.12. The summed E-state index contributed by atoms with van der Waals surface area (Å²) in [5.74, 6) is -1.32. The molecule has 1 fully saturated rings. The number of carbonyl (C=O) groups excluding carboxylic acids is 3. The highest BCUT2D eigenvalue weighted by Crippen LogP contribution is 2.36. The number of nitro benzene ring substituents is 2. The molecule has 3 aromatic rings. The van der Waals surface area contributed by atoms with Crippen LogP contribution in [0.25, 0.3) is 6.08 Å². The van der Waals surface area contributed by atoms with E-state index in [-0.39, 0.29) is 16.4 Å². The minimum absolute atomic E-state index is 0.0593. The third-order valence-corrected chi connectivity index (χ3v) is 6.16. The number of carbonyl (C=O) groups is 3. The van der Waals surface area contributed by atoms with E-state index in [0.29, 0.717) is 28.0 Å². The van der Waals surface area contributed by atoms with Crippen molar-refractivity contribution in [2.75, 3.05) is 11.9 Å². The Morgan fingerprint density at radius 2 is 1.79 bits per heavy atom. The van der Waals surface area contributed by atoms with E-state index in [1.54, 1.807) is 30.3 Å². The fraction of sp³-hybridized carbons (Fsp3) is 0.0417. The normalized spacial score (nSPS) is 14.0. The lowest BCUT2D eigenvalue weighted by molar-refractivity contribution is -0.394. The van der Waals surface area contributed by atoms with Crippen molar-refractivity contribution in [1.29, 1.82) is 0 Å². The van der Waals surface area contributed by atoms with Crippen molar-refractivity contribution in [3.63, 3.8) is 0 Å². The Kier molecular flexibility index (Phi) is 7.69. The summed E-state index contributed by atoms with van der Waals surface area (Å²) in [5, 5.41) is 24.6. The van der Waals surface area contributed by atoms with Gasteiger partial charge in [0.2, 0.25) is 11.7 Å². The van der Waals surface area contributed by atoms with E-state index in [4.69, 9.17) is 16.3 Å². The Balaban J connectivity index is 1.49. The van der Waals surface area contributed by atoms with Gasteiger partial charge in [0.1, 0.15) is 12.3 Å². The molecule has 0 aromatic heterocycles. The minimum Gasteiger partial charge on any atom is -0.450 e. The smallest absolute Gasteiger partial charge is 0.318 e. The molecule has 1 N–H and O–H groups in total. The molecule has 14 heteroatoms. The van der Waals surface area contributed by atoms with Gasteiger partial charge in [-0.25, -0.2) is 0 Å². The average Bonchev–Trinajstić information content (AvgIpc) is 3.11. The van der Waals surface area contributed by atoms with E-state index < -0.39 is 44.8 Å². The summed E-state index contributed by atoms with van der Waals surface area (Å²) in [6.45, 7) is -0.499. The number of nitro groups is 2. The second-order valence-electron chi connectivity index (χ2n) is 7.67. The van der Waals surface area contributed by atoms with Crippen molar-refractivity contribution in [2.45, 2.75) is 0 Å². The predicted octanol–water partition coefficient (Wildman–Crippen LogP) is 5.62. The van der Waals surface area contributed by atoms with Crippen LogP contribution in [0.15, 0.2) is 71.6 Å². The number of hydrogen-bond acceptors (Lipinski definition) is 9. The van der Waals surface area contributed by atoms with Gasteiger partial charge in [-0.2, -0.15) is 0 Å². The molecule has 0 spiro atoms. The number of nitrogens with zero attached hydrogens (tertiary/aromatic N) is 3. The molecule has 1 saturated heterocycles. The highest BCUT2D eigenvalue weighted by Gasteiger charge is 2.36. The molecule has 0 unspecified atom stereocenters. The number of anilines is 1. The van der Waals surface area contributed by atoms with Gasteiger partial charge in [0.05, 0.1) is 20.8 Å². The molecular formula is C24H15ClN4O8S. The van der Waals surface area contributed by atoms with E-state index >= 15 is 0 Å². The van der Waals surface area contributed by atoms with Crippen molar-refractivity contribution in [1.82, 2.24) is 4.90 Å². The van der Waals surface area contributed by atoms with E-state index in [1.807, 2.05) is 0 Å². The number of benzene rings is 3. The largest absolute Gasteiger partial charge is 0.450 e. The number of hydrogen-bond donors (Lipinski definition) is 1. The molecule has 1 aliphatic rings. The highest BCUT2D eigenvalue weighted by atomic mass is 35.5. The number of thioether (sulfide) groups is 1. The van der Waals surface area contributed by atoms with Crippen LogP contribution in [0.5, 0.6) is 11.5 Å². The third kappa shape index (κ3) is 6.14. The number of halogens is 1. The first-order valence-corrected chi connectivity index (χ1v) is 11.8. The van der Waals surface area contributed by atoms with E-state index in [0.717, 1.165) is 23.1 Å². The summed E-state index contributed by atoms with van der Waals surface area (Å²) in [5.41, 5.74) is -0.215. The first-order chi connectivity index (χ1) is 18.1. The molecular weight excluding hydrogens is 540 g/mol. The van der Waals surface area contributed by atoms with Gasteiger partial charge in [-0.3, -0.25) is 39.5 Å². The summed E-state index contributed by atoms with van der Waals surface area (Å²) < 4.78 is 5.57. The Hall–Kier alpha value is -4.75. The summed E-state index contributed by atoms with van der Waals surface area (Å²) in [7, 11) is 0. The molecule has 0 atom stereocenters. The number of amides is 3. The van der Waals surface area contributed by atoms with Crippen LogP contribution in [0, 0.1) is 20.2 Å². The van der Waals surface area contributed by atoms with E-state index in [2.05, 4.69) is 5.32 Å². The van der Waals surface area contributed by atoms with Gasteiger partial charge in [-0.15, -0.1) is 0 Å². The molecule has 1 aliphatic heterocycles. The zero-order valence-corrected chi connectivity index (χ0v) is 20.6. The molecule has 3 aromatic carbocycles. The second kappa shape index (κ2) is 11.1. The zero-order valence-electron chi connectivity index (χ0n) is 19.0. The molecule has 4 rings (SSSR count). The average molecular weight is 555 g/mol. The van der Waals surface area contributed by atoms with E-state index in [9.17, 15) is 34.6 Å². The van der Waals surface area contributed by atoms with Crippen molar-refractivity contribution < 1.29 is 29.0 Å². The fourth-order valence-electron chi connectivity index (χ4n) is 3.34. The van der Waals surface area contributed by atoms with Crippen LogP contribution in [0.1, 0.15) is 5.56 Å². The van der Waals surface area contributed by atoms with Crippen LogP contribution >= 0.6 is 23.4 Å². The first-order valence-electron chi connectivity index (χ1n) is 10.6. The van der Waals surface area contributed by atoms with Gasteiger partial charge < -0.3 is 10.1 Å². The van der Waals surface area contributed by atoms with E-state index in [1.165, 1.54) is 24.3 Å². The second-order valence-corrected chi connectivity index (χ2v) is 9.10. The topological polar surface area (TPSA) is 162 Å². The molecule has 0 aliphatic carbocycles. The van der Waals surface area contributed by atoms with Crippen molar-refractivity contribution in [3.05, 3.63) is 102 Å². The molecule has 0 radical (unpaired) electrons. The molecule has 12 nitrogen and oxygen atoms in total. The number of ether oxygens (including phenoxy) is 1. The standard InChI is InChI=1S/C24H15ClN4O8S/c25-15-4-2-5-16(11-15)26-22(30)13-27-23(31)21(38-24(27)32)10-14-3-1-6-18(9-14)37-20-8-7-17(28(33)34)12-19(20)29(35)36/h1-12H,13H2,(H,26,30)/b21-10+. The highest BCUT2D eigenvalue weighted by molar-refractivity contribution is 8.18. The molecule has 192 valence electrons. The third-order valence-electron chi connectivity index (χ3n) is 5.02. The molecule has 1 heterocycles. The molecule has 38 heavy (non-hydrogen) atoms. The van der Waals surface area contributed by atoms with Crippen molar-refractivity contribution in [3.8, 4) is 11.5 Å². The van der Waals surface area contributed by atoms with Crippen LogP contribution in [0.2, 0.25) is 5.02 Å². The van der Waals surface area contributed by atoms with Crippen LogP contribution < -0.4 is 10.1 Å². The van der Waals surface area contributed by atoms with Gasteiger partial charge in [0.25, 0.3) is 16.8 Å². The van der Waals surface area contributed by atoms with Gasteiger partial charge in [0.15, 0.2) is 0 Å². The zero-order chi connectivity index (χ0) is 27.4. The summed E-state index contributed by atoms with van der Waals surface area (Å²) in [4.78, 5) is 59.1. The lowest BCUT2D eigenvalue weighted by atomic mass is 10.2. The fourth-order valence-corrected chi connectivity index (χ4v) is 4.37. The maximum atomic E-state index is 12.8. The van der Waals surface area contributed by atoms with Crippen LogP contribution in [-0.2, 0) is 9.59 Å².